The van der Waals surface area contributed by atoms with Crippen molar-refractivity contribution in [2.24, 2.45) is 5.92 Å². The molecule has 1 aliphatic rings. The van der Waals surface area contributed by atoms with Crippen molar-refractivity contribution in [2.45, 2.75) is 19.0 Å². The lowest BCUT2D eigenvalue weighted by Crippen LogP contribution is -2.30. The number of Topliss-reactive ketones (excluding diaryl/α,β-unsaturated/α-hetero) is 1. The second-order valence-corrected chi connectivity index (χ2v) is 7.40. The van der Waals surface area contributed by atoms with Crippen LogP contribution in [-0.4, -0.2) is 45.0 Å². The zero-order chi connectivity index (χ0) is 22.8. The van der Waals surface area contributed by atoms with Crippen LogP contribution in [0.1, 0.15) is 28.9 Å². The van der Waals surface area contributed by atoms with E-state index in [0.717, 1.165) is 23.0 Å². The van der Waals surface area contributed by atoms with Crippen molar-refractivity contribution in [3.05, 3.63) is 76.1 Å². The lowest BCUT2D eigenvalue weighted by Gasteiger charge is -2.13. The summed E-state index contributed by atoms with van der Waals surface area (Å²) in [6.45, 7) is 0.289. The van der Waals surface area contributed by atoms with Gasteiger partial charge in [-0.2, -0.15) is 9.78 Å². The van der Waals surface area contributed by atoms with E-state index in [1.807, 2.05) is 0 Å². The topological polar surface area (TPSA) is 94.3 Å². The van der Waals surface area contributed by atoms with Crippen molar-refractivity contribution >= 4 is 5.78 Å². The zero-order valence-corrected chi connectivity index (χ0v) is 16.6. The number of aliphatic hydroxyl groups is 1. The maximum atomic E-state index is 13.8. The van der Waals surface area contributed by atoms with E-state index in [0.29, 0.717) is 0 Å². The van der Waals surface area contributed by atoms with Crippen LogP contribution in [0, 0.1) is 11.7 Å². The molecule has 3 aromatic rings. The van der Waals surface area contributed by atoms with Crippen molar-refractivity contribution in [3.63, 3.8) is 0 Å². The Labute approximate surface area is 180 Å². The largest absolute Gasteiger partial charge is 0.390 e. The van der Waals surface area contributed by atoms with Gasteiger partial charge in [0.2, 0.25) is 0 Å². The first kappa shape index (κ1) is 21.8. The molecule has 4 rings (SSSR count). The summed E-state index contributed by atoms with van der Waals surface area (Å²) in [5.74, 6) is -1.62. The fourth-order valence-electron chi connectivity index (χ4n) is 3.43. The van der Waals surface area contributed by atoms with Crippen LogP contribution in [0.2, 0.25) is 0 Å². The lowest BCUT2D eigenvalue weighted by molar-refractivity contribution is 0.0888. The first-order valence-electron chi connectivity index (χ1n) is 9.77. The van der Waals surface area contributed by atoms with Crippen LogP contribution in [0.3, 0.4) is 0 Å². The molecular formula is C22H18F3N3O4. The molecule has 0 aliphatic carbocycles. The third-order valence-corrected chi connectivity index (χ3v) is 5.18. The molecule has 0 saturated carbocycles. The Kier molecular flexibility index (Phi) is 6.15. The standard InChI is InChI=1S/C22H18F3N3O4/c23-14-2-1-3-15(7-14)28-22(31)16(19(29)6-13-10-32-11-20(13)30)8-18(27-28)12-4-5-17(21(24)25)26-9-12/h1-5,7-9,13,20-21,30H,6,10-11H2/t13-,20-/m0/s1. The summed E-state index contributed by atoms with van der Waals surface area (Å²) in [5.41, 5.74) is -0.927. The molecule has 1 fully saturated rings. The highest BCUT2D eigenvalue weighted by molar-refractivity contribution is 5.96. The van der Waals surface area contributed by atoms with Crippen molar-refractivity contribution in [3.8, 4) is 16.9 Å². The molecule has 0 spiro atoms. The summed E-state index contributed by atoms with van der Waals surface area (Å²) in [6.07, 6.45) is -2.55. The van der Waals surface area contributed by atoms with Gasteiger partial charge in [0.05, 0.1) is 36.3 Å². The van der Waals surface area contributed by atoms with E-state index in [2.05, 4.69) is 10.1 Å². The first-order chi connectivity index (χ1) is 15.3. The van der Waals surface area contributed by atoms with E-state index >= 15 is 0 Å². The molecule has 3 heterocycles. The Hall–Kier alpha value is -3.37. The predicted octanol–water partition coefficient (Wildman–Crippen LogP) is 2.95. The number of pyridine rings is 1. The van der Waals surface area contributed by atoms with E-state index in [-0.39, 0.29) is 42.1 Å². The molecule has 1 aromatic carbocycles. The molecule has 10 heteroatoms. The Bertz CT molecular complexity index is 1200. The fraction of sp³-hybridized carbons (Fsp3) is 0.273. The molecule has 1 N–H and O–H groups in total. The third kappa shape index (κ3) is 4.46. The predicted molar refractivity (Wildman–Crippen MR) is 107 cm³/mol. The highest BCUT2D eigenvalue weighted by atomic mass is 19.3. The van der Waals surface area contributed by atoms with Crippen LogP contribution in [0.25, 0.3) is 16.9 Å². The van der Waals surface area contributed by atoms with Gasteiger partial charge < -0.3 is 9.84 Å². The van der Waals surface area contributed by atoms with E-state index in [1.54, 1.807) is 0 Å². The molecule has 2 aromatic heterocycles. The van der Waals surface area contributed by atoms with Crippen LogP contribution >= 0.6 is 0 Å². The molecule has 32 heavy (non-hydrogen) atoms. The minimum atomic E-state index is -2.75. The number of carbonyl (C=O) groups is 1. The maximum Gasteiger partial charge on any atom is 0.282 e. The summed E-state index contributed by atoms with van der Waals surface area (Å²) < 4.78 is 45.5. The quantitative estimate of drug-likeness (QED) is 0.587. The maximum absolute atomic E-state index is 13.8. The monoisotopic (exact) mass is 445 g/mol. The minimum absolute atomic E-state index is 0.0901. The van der Waals surface area contributed by atoms with Gasteiger partial charge >= 0.3 is 0 Å². The highest BCUT2D eigenvalue weighted by Gasteiger charge is 2.30. The summed E-state index contributed by atoms with van der Waals surface area (Å²) >= 11 is 0. The summed E-state index contributed by atoms with van der Waals surface area (Å²) in [4.78, 5) is 29.7. The fourth-order valence-corrected chi connectivity index (χ4v) is 3.43. The van der Waals surface area contributed by atoms with Crippen molar-refractivity contribution in [1.82, 2.24) is 14.8 Å². The molecule has 7 nitrogen and oxygen atoms in total. The Morgan fingerprint density at radius 3 is 2.66 bits per heavy atom. The van der Waals surface area contributed by atoms with E-state index in [4.69, 9.17) is 4.74 Å². The first-order valence-corrected chi connectivity index (χ1v) is 9.77. The van der Waals surface area contributed by atoms with Gasteiger partial charge in [-0.3, -0.25) is 14.6 Å². The lowest BCUT2D eigenvalue weighted by atomic mass is 9.96. The summed E-state index contributed by atoms with van der Waals surface area (Å²) in [5, 5.41) is 14.1. The Morgan fingerprint density at radius 1 is 1.22 bits per heavy atom. The SMILES string of the molecule is O=C(C[C@H]1COC[C@@H]1O)c1cc(-c2ccc(C(F)F)nc2)nn(-c2cccc(F)c2)c1=O. The number of ether oxygens (including phenoxy) is 1. The third-order valence-electron chi connectivity index (χ3n) is 5.18. The van der Waals surface area contributed by atoms with E-state index < -0.39 is 41.3 Å². The molecule has 166 valence electrons. The number of rotatable bonds is 6. The van der Waals surface area contributed by atoms with Gasteiger partial charge in [-0.25, -0.2) is 13.2 Å². The van der Waals surface area contributed by atoms with E-state index in [1.165, 1.54) is 30.3 Å². The number of carbonyl (C=O) groups excluding carboxylic acids is 1. The molecule has 1 saturated heterocycles. The van der Waals surface area contributed by atoms with Crippen molar-refractivity contribution < 1.29 is 27.8 Å². The molecule has 0 unspecified atom stereocenters. The zero-order valence-electron chi connectivity index (χ0n) is 16.6. The average molecular weight is 445 g/mol. The number of hydrogen-bond acceptors (Lipinski definition) is 6. The average Bonchev–Trinajstić information content (AvgIpc) is 3.18. The van der Waals surface area contributed by atoms with Crippen molar-refractivity contribution in [1.29, 1.82) is 0 Å². The number of aliphatic hydroxyl groups excluding tert-OH is 1. The molecule has 0 radical (unpaired) electrons. The number of benzene rings is 1. The smallest absolute Gasteiger partial charge is 0.282 e. The molecule has 1 aliphatic heterocycles. The van der Waals surface area contributed by atoms with Gasteiger partial charge in [0.15, 0.2) is 5.78 Å². The molecule has 0 bridgehead atoms. The van der Waals surface area contributed by atoms with E-state index in [9.17, 15) is 27.9 Å². The number of hydrogen-bond donors (Lipinski definition) is 1. The van der Waals surface area contributed by atoms with Gasteiger partial charge in [0.25, 0.3) is 12.0 Å². The molecule has 0 amide bonds. The van der Waals surface area contributed by atoms with Gasteiger partial charge in [0, 0.05) is 24.1 Å². The summed E-state index contributed by atoms with van der Waals surface area (Å²) in [7, 11) is 0. The van der Waals surface area contributed by atoms with Gasteiger partial charge in [-0.15, -0.1) is 0 Å². The van der Waals surface area contributed by atoms with Gasteiger partial charge in [-0.05, 0) is 36.4 Å². The Balaban J connectivity index is 1.81. The van der Waals surface area contributed by atoms with Crippen LogP contribution in [0.5, 0.6) is 0 Å². The number of nitrogens with zero attached hydrogens (tertiary/aromatic N) is 3. The van der Waals surface area contributed by atoms with Gasteiger partial charge in [-0.1, -0.05) is 6.07 Å². The molecular weight excluding hydrogens is 427 g/mol. The van der Waals surface area contributed by atoms with Crippen LogP contribution in [0.15, 0.2) is 53.5 Å². The van der Waals surface area contributed by atoms with Crippen LogP contribution < -0.4 is 5.56 Å². The number of aromatic nitrogens is 3. The van der Waals surface area contributed by atoms with Crippen LogP contribution in [-0.2, 0) is 4.74 Å². The minimum Gasteiger partial charge on any atom is -0.390 e. The van der Waals surface area contributed by atoms with Crippen LogP contribution in [0.4, 0.5) is 13.2 Å². The van der Waals surface area contributed by atoms with Crippen molar-refractivity contribution in [2.75, 3.05) is 13.2 Å². The highest BCUT2D eigenvalue weighted by Crippen LogP contribution is 2.23. The molecule has 2 atom stereocenters. The number of halogens is 3. The normalized spacial score (nSPS) is 18.3. The number of alkyl halides is 2. The second kappa shape index (κ2) is 9.01. The summed E-state index contributed by atoms with van der Waals surface area (Å²) in [6, 6.07) is 8.83. The van der Waals surface area contributed by atoms with Gasteiger partial charge in [0.1, 0.15) is 11.5 Å². The number of ketones is 1. The second-order valence-electron chi connectivity index (χ2n) is 7.40. The Morgan fingerprint density at radius 2 is 2.03 bits per heavy atom.